The van der Waals surface area contributed by atoms with Gasteiger partial charge in [0.15, 0.2) is 0 Å². The van der Waals surface area contributed by atoms with Crippen molar-refractivity contribution in [3.8, 4) is 5.75 Å². The molecule has 92 valence electrons. The van der Waals surface area contributed by atoms with Gasteiger partial charge in [-0.15, -0.1) is 0 Å². The number of nitrogens with zero attached hydrogens (tertiary/aromatic N) is 3. The fourth-order valence-corrected chi connectivity index (χ4v) is 2.16. The first-order chi connectivity index (χ1) is 8.74. The average Bonchev–Trinajstić information content (AvgIpc) is 2.68. The van der Waals surface area contributed by atoms with E-state index in [-0.39, 0.29) is 5.56 Å². The van der Waals surface area contributed by atoms with E-state index in [4.69, 9.17) is 4.74 Å². The van der Waals surface area contributed by atoms with Gasteiger partial charge in [0, 0.05) is 24.2 Å². The zero-order chi connectivity index (χ0) is 12.7. The molecule has 0 spiro atoms. The molecule has 6 nitrogen and oxygen atoms in total. The Morgan fingerprint density at radius 1 is 1.50 bits per heavy atom. The van der Waals surface area contributed by atoms with Crippen LogP contribution < -0.4 is 15.6 Å². The highest BCUT2D eigenvalue weighted by molar-refractivity contribution is 6.08. The van der Waals surface area contributed by atoms with E-state index in [1.54, 1.807) is 13.4 Å². The lowest BCUT2D eigenvalue weighted by Crippen LogP contribution is -2.07. The number of anilines is 1. The average molecular weight is 244 g/mol. The molecular formula is C12H12N4O2. The third-order valence-electron chi connectivity index (χ3n) is 2.98. The summed E-state index contributed by atoms with van der Waals surface area (Å²) >= 11 is 0. The summed E-state index contributed by atoms with van der Waals surface area (Å²) in [5.74, 6) is 1.83. The Labute approximate surface area is 103 Å². The van der Waals surface area contributed by atoms with E-state index in [2.05, 4.69) is 15.3 Å². The van der Waals surface area contributed by atoms with E-state index in [1.807, 2.05) is 17.7 Å². The minimum absolute atomic E-state index is 0.338. The van der Waals surface area contributed by atoms with E-state index >= 15 is 0 Å². The van der Waals surface area contributed by atoms with Crippen LogP contribution in [0.1, 0.15) is 6.92 Å². The summed E-state index contributed by atoms with van der Waals surface area (Å²) in [4.78, 5) is 19.9. The van der Waals surface area contributed by atoms with Crippen molar-refractivity contribution in [3.63, 3.8) is 0 Å². The first-order valence-corrected chi connectivity index (χ1v) is 5.66. The molecule has 0 amide bonds. The van der Waals surface area contributed by atoms with Crippen molar-refractivity contribution in [3.05, 3.63) is 22.6 Å². The Kier molecular flexibility index (Phi) is 2.29. The van der Waals surface area contributed by atoms with Crippen LogP contribution in [0.5, 0.6) is 5.75 Å². The van der Waals surface area contributed by atoms with Crippen LogP contribution in [0.2, 0.25) is 0 Å². The normalized spacial score (nSPS) is 12.6. The molecular weight excluding hydrogens is 232 g/mol. The van der Waals surface area contributed by atoms with Gasteiger partial charge in [-0.25, -0.2) is 4.99 Å². The largest absolute Gasteiger partial charge is 0.496 e. The van der Waals surface area contributed by atoms with Crippen molar-refractivity contribution in [1.82, 2.24) is 9.55 Å². The topological polar surface area (TPSA) is 68.5 Å². The molecule has 0 saturated carbocycles. The summed E-state index contributed by atoms with van der Waals surface area (Å²) in [6, 6.07) is 1.39. The highest BCUT2D eigenvalue weighted by Gasteiger charge is 2.18. The fraction of sp³-hybridized carbons (Fsp3) is 0.250. The molecule has 0 unspecified atom stereocenters. The molecule has 2 aromatic heterocycles. The van der Waals surface area contributed by atoms with Crippen LogP contribution in [0.4, 0.5) is 11.6 Å². The van der Waals surface area contributed by atoms with Crippen LogP contribution >= 0.6 is 0 Å². The van der Waals surface area contributed by atoms with Gasteiger partial charge in [-0.1, -0.05) is 0 Å². The molecule has 2 aromatic rings. The molecule has 0 saturated heterocycles. The minimum atomic E-state index is -0.338. The van der Waals surface area contributed by atoms with Gasteiger partial charge in [0.05, 0.1) is 18.8 Å². The first kappa shape index (κ1) is 10.8. The highest BCUT2D eigenvalue weighted by atomic mass is 16.5. The van der Waals surface area contributed by atoms with Gasteiger partial charge in [0.2, 0.25) is 0 Å². The molecule has 1 aliphatic rings. The summed E-state index contributed by atoms with van der Waals surface area (Å²) < 4.78 is 7.27. The quantitative estimate of drug-likeness (QED) is 0.869. The van der Waals surface area contributed by atoms with Gasteiger partial charge < -0.3 is 14.6 Å². The molecule has 0 radical (unpaired) electrons. The van der Waals surface area contributed by atoms with Crippen LogP contribution in [0.3, 0.4) is 0 Å². The smallest absolute Gasteiger partial charge is 0.275 e. The summed E-state index contributed by atoms with van der Waals surface area (Å²) in [5, 5.41) is 4.56. The predicted octanol–water partition coefficient (Wildman–Crippen LogP) is 1.51. The van der Waals surface area contributed by atoms with Crippen molar-refractivity contribution in [1.29, 1.82) is 0 Å². The van der Waals surface area contributed by atoms with Crippen LogP contribution in [0.25, 0.3) is 10.8 Å². The monoisotopic (exact) mass is 244 g/mol. The maximum absolute atomic E-state index is 11.6. The summed E-state index contributed by atoms with van der Waals surface area (Å²) in [6.45, 7) is 2.82. The van der Waals surface area contributed by atoms with E-state index in [1.165, 1.54) is 6.07 Å². The molecule has 1 aliphatic heterocycles. The van der Waals surface area contributed by atoms with Crippen LogP contribution in [-0.4, -0.2) is 23.0 Å². The fourth-order valence-electron chi connectivity index (χ4n) is 2.16. The van der Waals surface area contributed by atoms with Gasteiger partial charge in [-0.3, -0.25) is 4.79 Å². The third-order valence-corrected chi connectivity index (χ3v) is 2.98. The molecule has 1 N–H and O–H groups in total. The first-order valence-electron chi connectivity index (χ1n) is 5.66. The van der Waals surface area contributed by atoms with Crippen LogP contribution in [0.15, 0.2) is 22.1 Å². The number of hydrogen-bond donors (Lipinski definition) is 1. The molecule has 0 bridgehead atoms. The number of aromatic nitrogens is 2. The Bertz CT molecular complexity index is 718. The number of ether oxygens (including phenoxy) is 1. The lowest BCUT2D eigenvalue weighted by Gasteiger charge is -2.07. The summed E-state index contributed by atoms with van der Waals surface area (Å²) in [5.41, 5.74) is -0.338. The zero-order valence-corrected chi connectivity index (χ0v) is 10.1. The van der Waals surface area contributed by atoms with Gasteiger partial charge in [0.25, 0.3) is 5.56 Å². The standard InChI is InChI=1S/C12H12N4O2/c1-3-16-5-7-8(18-2)4-9(17)15-11-10(7)12(16)14-6-13-11/h4-6H,3H2,1-2H3,(H,13,14,15,17). The van der Waals surface area contributed by atoms with Crippen molar-refractivity contribution < 1.29 is 4.74 Å². The summed E-state index contributed by atoms with van der Waals surface area (Å²) in [7, 11) is 1.54. The lowest BCUT2D eigenvalue weighted by molar-refractivity contribution is 0.419. The van der Waals surface area contributed by atoms with Crippen molar-refractivity contribution in [2.24, 2.45) is 4.99 Å². The number of rotatable bonds is 2. The number of hydrogen-bond acceptors (Lipinski definition) is 5. The van der Waals surface area contributed by atoms with Crippen LogP contribution in [-0.2, 0) is 6.54 Å². The highest BCUT2D eigenvalue weighted by Crippen LogP contribution is 2.37. The second-order valence-electron chi connectivity index (χ2n) is 3.94. The molecule has 0 atom stereocenters. The van der Waals surface area contributed by atoms with E-state index in [0.29, 0.717) is 11.6 Å². The number of methoxy groups -OCH3 is 1. The van der Waals surface area contributed by atoms with Gasteiger partial charge in [0.1, 0.15) is 17.4 Å². The molecule has 6 heteroatoms. The second kappa shape index (κ2) is 3.83. The Morgan fingerprint density at radius 2 is 2.33 bits per heavy atom. The maximum atomic E-state index is 11.6. The van der Waals surface area contributed by atoms with Gasteiger partial charge >= 0.3 is 0 Å². The maximum Gasteiger partial charge on any atom is 0.275 e. The van der Waals surface area contributed by atoms with E-state index in [0.717, 1.165) is 23.1 Å². The minimum Gasteiger partial charge on any atom is -0.496 e. The molecule has 0 aliphatic carbocycles. The number of aliphatic imine (C=N–C) groups is 1. The number of nitrogens with one attached hydrogen (secondary N) is 1. The third kappa shape index (κ3) is 1.38. The van der Waals surface area contributed by atoms with E-state index in [9.17, 15) is 4.79 Å². The molecule has 0 aromatic carbocycles. The SMILES string of the molecule is CCn1cc2c(OC)cc(=O)nc3c2c1N=CN3. The zero-order valence-electron chi connectivity index (χ0n) is 10.1. The number of aryl methyl sites for hydroxylation is 1. The Morgan fingerprint density at radius 3 is 3.06 bits per heavy atom. The second-order valence-corrected chi connectivity index (χ2v) is 3.94. The molecule has 18 heavy (non-hydrogen) atoms. The van der Waals surface area contributed by atoms with Crippen molar-refractivity contribution in [2.75, 3.05) is 12.4 Å². The van der Waals surface area contributed by atoms with E-state index < -0.39 is 0 Å². The molecule has 3 rings (SSSR count). The van der Waals surface area contributed by atoms with Gasteiger partial charge in [-0.05, 0) is 6.92 Å². The molecule has 3 heterocycles. The van der Waals surface area contributed by atoms with Crippen molar-refractivity contribution >= 4 is 28.7 Å². The molecule has 0 fully saturated rings. The predicted molar refractivity (Wildman–Crippen MR) is 70.0 cm³/mol. The summed E-state index contributed by atoms with van der Waals surface area (Å²) in [6.07, 6.45) is 3.47. The Balaban J connectivity index is 2.54. The lowest BCUT2D eigenvalue weighted by atomic mass is 10.2. The Hall–Kier alpha value is -2.37. The van der Waals surface area contributed by atoms with Crippen molar-refractivity contribution in [2.45, 2.75) is 13.5 Å². The van der Waals surface area contributed by atoms with Crippen LogP contribution in [0, 0.1) is 0 Å². The van der Waals surface area contributed by atoms with Gasteiger partial charge in [-0.2, -0.15) is 4.98 Å².